The SMILES string of the molecule is Cn1cc(C(=O)NCc2ccccc2OC(F)F)c(C(F)(F)F)n1. The first-order valence-electron chi connectivity index (χ1n) is 6.60. The predicted octanol–water partition coefficient (Wildman–Crippen LogP) is 2.97. The third-order valence-corrected chi connectivity index (χ3v) is 2.97. The molecule has 130 valence electrons. The van der Waals surface area contributed by atoms with Gasteiger partial charge in [0, 0.05) is 25.4 Å². The van der Waals surface area contributed by atoms with E-state index in [2.05, 4.69) is 15.2 Å². The van der Waals surface area contributed by atoms with Crippen molar-refractivity contribution in [3.05, 3.63) is 47.3 Å². The molecule has 1 amide bonds. The zero-order chi connectivity index (χ0) is 17.9. The largest absolute Gasteiger partial charge is 0.435 e. The van der Waals surface area contributed by atoms with Crippen LogP contribution in [-0.2, 0) is 19.8 Å². The van der Waals surface area contributed by atoms with Crippen LogP contribution in [0.5, 0.6) is 5.75 Å². The molecule has 5 nitrogen and oxygen atoms in total. The average Bonchev–Trinajstić information content (AvgIpc) is 2.88. The second-order valence-electron chi connectivity index (χ2n) is 4.73. The highest BCUT2D eigenvalue weighted by molar-refractivity contribution is 5.95. The van der Waals surface area contributed by atoms with Crippen LogP contribution < -0.4 is 10.1 Å². The molecule has 0 spiro atoms. The molecule has 0 radical (unpaired) electrons. The molecule has 0 aliphatic heterocycles. The van der Waals surface area contributed by atoms with Crippen LogP contribution in [0.3, 0.4) is 0 Å². The van der Waals surface area contributed by atoms with E-state index in [1.54, 1.807) is 0 Å². The van der Waals surface area contributed by atoms with Crippen molar-refractivity contribution in [3.63, 3.8) is 0 Å². The fraction of sp³-hybridized carbons (Fsp3) is 0.286. The summed E-state index contributed by atoms with van der Waals surface area (Å²) in [6.07, 6.45) is -3.86. The number of hydrogen-bond acceptors (Lipinski definition) is 3. The number of benzene rings is 1. The first kappa shape index (κ1) is 17.7. The second kappa shape index (κ2) is 6.85. The highest BCUT2D eigenvalue weighted by atomic mass is 19.4. The van der Waals surface area contributed by atoms with Crippen molar-refractivity contribution < 1.29 is 31.5 Å². The molecule has 24 heavy (non-hydrogen) atoms. The van der Waals surface area contributed by atoms with Gasteiger partial charge < -0.3 is 10.1 Å². The number of aromatic nitrogens is 2. The van der Waals surface area contributed by atoms with Crippen molar-refractivity contribution in [2.45, 2.75) is 19.3 Å². The molecule has 0 saturated heterocycles. The van der Waals surface area contributed by atoms with Gasteiger partial charge >= 0.3 is 12.8 Å². The summed E-state index contributed by atoms with van der Waals surface area (Å²) in [4.78, 5) is 12.0. The Bertz CT molecular complexity index is 727. The number of aryl methyl sites for hydroxylation is 1. The fourth-order valence-electron chi connectivity index (χ4n) is 2.00. The smallest absolute Gasteiger partial charge is 0.434 e. The minimum absolute atomic E-state index is 0.171. The lowest BCUT2D eigenvalue weighted by atomic mass is 10.2. The number of nitrogens with zero attached hydrogens (tertiary/aromatic N) is 2. The number of carbonyl (C=O) groups is 1. The maximum absolute atomic E-state index is 12.8. The van der Waals surface area contributed by atoms with Gasteiger partial charge in [0.1, 0.15) is 5.75 Å². The highest BCUT2D eigenvalue weighted by Gasteiger charge is 2.38. The van der Waals surface area contributed by atoms with Gasteiger partial charge in [-0.3, -0.25) is 9.48 Å². The zero-order valence-corrected chi connectivity index (χ0v) is 12.3. The number of ether oxygens (including phenoxy) is 1. The molecule has 0 saturated carbocycles. The Morgan fingerprint density at radius 3 is 2.62 bits per heavy atom. The van der Waals surface area contributed by atoms with Crippen molar-refractivity contribution in [1.82, 2.24) is 15.1 Å². The molecule has 0 unspecified atom stereocenters. The van der Waals surface area contributed by atoms with Gasteiger partial charge in [-0.05, 0) is 6.07 Å². The fourth-order valence-corrected chi connectivity index (χ4v) is 2.00. The van der Waals surface area contributed by atoms with E-state index in [1.165, 1.54) is 31.3 Å². The van der Waals surface area contributed by atoms with Crippen molar-refractivity contribution >= 4 is 5.91 Å². The maximum atomic E-state index is 12.8. The maximum Gasteiger partial charge on any atom is 0.435 e. The summed E-state index contributed by atoms with van der Waals surface area (Å²) in [6, 6.07) is 5.64. The molecule has 2 aromatic rings. The Kier molecular flexibility index (Phi) is 5.05. The molecule has 0 bridgehead atoms. The standard InChI is InChI=1S/C14H12F5N3O2/c1-22-7-9(11(21-22)14(17,18)19)12(23)20-6-8-4-2-3-5-10(8)24-13(15)16/h2-5,7,13H,6H2,1H3,(H,20,23). The van der Waals surface area contributed by atoms with Crippen molar-refractivity contribution in [3.8, 4) is 5.75 Å². The first-order valence-corrected chi connectivity index (χ1v) is 6.60. The lowest BCUT2D eigenvalue weighted by molar-refractivity contribution is -0.141. The molecule has 1 N–H and O–H groups in total. The Morgan fingerprint density at radius 2 is 2.00 bits per heavy atom. The normalized spacial score (nSPS) is 11.6. The van der Waals surface area contributed by atoms with Gasteiger partial charge in [0.2, 0.25) is 0 Å². The molecular formula is C14H12F5N3O2. The third kappa shape index (κ3) is 4.21. The molecule has 0 aliphatic carbocycles. The Hall–Kier alpha value is -2.65. The van der Waals surface area contributed by atoms with Crippen molar-refractivity contribution in [2.24, 2.45) is 7.05 Å². The number of alkyl halides is 5. The van der Waals surface area contributed by atoms with Gasteiger partial charge in [-0.25, -0.2) is 0 Å². The number of amides is 1. The summed E-state index contributed by atoms with van der Waals surface area (Å²) in [5.41, 5.74) is -1.78. The Labute approximate surface area is 133 Å². The summed E-state index contributed by atoms with van der Waals surface area (Å²) in [5.74, 6) is -1.20. The molecule has 10 heteroatoms. The number of carbonyl (C=O) groups excluding carboxylic acids is 1. The predicted molar refractivity (Wildman–Crippen MR) is 72.5 cm³/mol. The van der Waals surface area contributed by atoms with E-state index in [0.717, 1.165) is 10.9 Å². The number of para-hydroxylation sites is 1. The van der Waals surface area contributed by atoms with Crippen molar-refractivity contribution in [1.29, 1.82) is 0 Å². The Balaban J connectivity index is 2.15. The summed E-state index contributed by atoms with van der Waals surface area (Å²) < 4.78 is 68.3. The van der Waals surface area contributed by atoms with E-state index in [-0.39, 0.29) is 17.9 Å². The molecule has 0 fully saturated rings. The molecule has 0 atom stereocenters. The van der Waals surface area contributed by atoms with E-state index < -0.39 is 30.0 Å². The van der Waals surface area contributed by atoms with Gasteiger partial charge in [0.25, 0.3) is 5.91 Å². The second-order valence-corrected chi connectivity index (χ2v) is 4.73. The minimum Gasteiger partial charge on any atom is -0.434 e. The molecule has 1 aromatic carbocycles. The van der Waals surface area contributed by atoms with Crippen LogP contribution in [0.4, 0.5) is 22.0 Å². The third-order valence-electron chi connectivity index (χ3n) is 2.97. The number of nitrogens with one attached hydrogen (secondary N) is 1. The monoisotopic (exact) mass is 349 g/mol. The van der Waals surface area contributed by atoms with Crippen LogP contribution in [0, 0.1) is 0 Å². The van der Waals surface area contributed by atoms with Crippen LogP contribution in [0.2, 0.25) is 0 Å². The van der Waals surface area contributed by atoms with E-state index in [0.29, 0.717) is 0 Å². The van der Waals surface area contributed by atoms with Gasteiger partial charge in [-0.2, -0.15) is 27.1 Å². The van der Waals surface area contributed by atoms with E-state index in [1.807, 2.05) is 0 Å². The van der Waals surface area contributed by atoms with Crippen LogP contribution >= 0.6 is 0 Å². The molecule has 0 aliphatic rings. The van der Waals surface area contributed by atoms with Gasteiger partial charge in [0.15, 0.2) is 5.69 Å². The van der Waals surface area contributed by atoms with E-state index in [9.17, 15) is 26.7 Å². The van der Waals surface area contributed by atoms with Gasteiger partial charge in [-0.1, -0.05) is 18.2 Å². The molecular weight excluding hydrogens is 337 g/mol. The molecule has 1 aromatic heterocycles. The summed E-state index contributed by atoms with van der Waals surface area (Å²) in [7, 11) is 1.25. The lowest BCUT2D eigenvalue weighted by Crippen LogP contribution is -2.25. The topological polar surface area (TPSA) is 56.2 Å². The molecule has 2 rings (SSSR count). The quantitative estimate of drug-likeness (QED) is 0.845. The molecule has 1 heterocycles. The first-order chi connectivity index (χ1) is 11.2. The number of hydrogen-bond donors (Lipinski definition) is 1. The zero-order valence-electron chi connectivity index (χ0n) is 12.3. The number of rotatable bonds is 5. The van der Waals surface area contributed by atoms with Crippen LogP contribution in [0.15, 0.2) is 30.5 Å². The highest BCUT2D eigenvalue weighted by Crippen LogP contribution is 2.30. The number of halogens is 5. The van der Waals surface area contributed by atoms with Crippen LogP contribution in [0.1, 0.15) is 21.6 Å². The Morgan fingerprint density at radius 1 is 1.33 bits per heavy atom. The lowest BCUT2D eigenvalue weighted by Gasteiger charge is -2.11. The van der Waals surface area contributed by atoms with Crippen LogP contribution in [-0.4, -0.2) is 22.3 Å². The van der Waals surface area contributed by atoms with Gasteiger partial charge in [-0.15, -0.1) is 0 Å². The van der Waals surface area contributed by atoms with Crippen molar-refractivity contribution in [2.75, 3.05) is 0 Å². The summed E-state index contributed by atoms with van der Waals surface area (Å²) >= 11 is 0. The van der Waals surface area contributed by atoms with Gasteiger partial charge in [0.05, 0.1) is 5.56 Å². The minimum atomic E-state index is -4.79. The van der Waals surface area contributed by atoms with E-state index in [4.69, 9.17) is 0 Å². The van der Waals surface area contributed by atoms with E-state index >= 15 is 0 Å². The summed E-state index contributed by atoms with van der Waals surface area (Å²) in [5, 5.41) is 5.46. The van der Waals surface area contributed by atoms with Crippen LogP contribution in [0.25, 0.3) is 0 Å². The summed E-state index contributed by atoms with van der Waals surface area (Å²) in [6.45, 7) is -3.34. The average molecular weight is 349 g/mol.